The van der Waals surface area contributed by atoms with Gasteiger partial charge >= 0.3 is 5.97 Å². The molecule has 25 heavy (non-hydrogen) atoms. The van der Waals surface area contributed by atoms with Gasteiger partial charge in [0.1, 0.15) is 0 Å². The molecule has 1 aliphatic carbocycles. The zero-order valence-electron chi connectivity index (χ0n) is 14.2. The lowest BCUT2D eigenvalue weighted by Crippen LogP contribution is -2.33. The molecule has 0 aromatic heterocycles. The number of hydrogen-bond acceptors (Lipinski definition) is 6. The lowest BCUT2D eigenvalue weighted by molar-refractivity contribution is -0.384. The minimum atomic E-state index is -0.777. The van der Waals surface area contributed by atoms with E-state index < -0.39 is 17.5 Å². The molecule has 0 atom stereocenters. The summed E-state index contributed by atoms with van der Waals surface area (Å²) in [6.07, 6.45) is 5.85. The molecule has 1 aliphatic rings. The number of amides is 1. The number of esters is 1. The van der Waals surface area contributed by atoms with Crippen molar-refractivity contribution in [3.8, 4) is 0 Å². The van der Waals surface area contributed by atoms with Crippen LogP contribution < -0.4 is 10.6 Å². The maximum atomic E-state index is 12.1. The molecule has 0 spiro atoms. The van der Waals surface area contributed by atoms with Crippen molar-refractivity contribution in [3.63, 3.8) is 0 Å². The Morgan fingerprint density at radius 2 is 2.00 bits per heavy atom. The first-order chi connectivity index (χ1) is 12.0. The maximum Gasteiger partial charge on any atom is 0.341 e. The summed E-state index contributed by atoms with van der Waals surface area (Å²) in [5.41, 5.74) is 0.211. The molecule has 1 fully saturated rings. The van der Waals surface area contributed by atoms with E-state index in [-0.39, 0.29) is 17.2 Å². The Kier molecular flexibility index (Phi) is 6.73. The molecule has 2 rings (SSSR count). The Morgan fingerprint density at radius 1 is 1.28 bits per heavy atom. The van der Waals surface area contributed by atoms with Crippen molar-refractivity contribution < 1.29 is 19.2 Å². The van der Waals surface area contributed by atoms with Gasteiger partial charge in [-0.25, -0.2) is 4.79 Å². The summed E-state index contributed by atoms with van der Waals surface area (Å²) in [7, 11) is 1.59. The van der Waals surface area contributed by atoms with Gasteiger partial charge < -0.3 is 15.4 Å². The van der Waals surface area contributed by atoms with Crippen LogP contribution in [-0.4, -0.2) is 37.0 Å². The van der Waals surface area contributed by atoms with E-state index in [1.807, 2.05) is 0 Å². The lowest BCUT2D eigenvalue weighted by atomic mass is 9.89. The largest absolute Gasteiger partial charge is 0.452 e. The van der Waals surface area contributed by atoms with Crippen molar-refractivity contribution in [2.24, 2.45) is 5.92 Å². The smallest absolute Gasteiger partial charge is 0.341 e. The molecule has 8 nitrogen and oxygen atoms in total. The van der Waals surface area contributed by atoms with Gasteiger partial charge in [0, 0.05) is 31.4 Å². The van der Waals surface area contributed by atoms with E-state index in [0.29, 0.717) is 18.2 Å². The van der Waals surface area contributed by atoms with Crippen LogP contribution in [0.1, 0.15) is 42.5 Å². The SMILES string of the molecule is CNc1ccc([N+](=O)[O-])cc1C(=O)OCC(=O)NCC1CCCCC1. The number of rotatable bonds is 7. The predicted molar refractivity (Wildman–Crippen MR) is 92.5 cm³/mol. The van der Waals surface area contributed by atoms with E-state index in [4.69, 9.17) is 4.74 Å². The Hall–Kier alpha value is -2.64. The van der Waals surface area contributed by atoms with Crippen LogP contribution in [0.4, 0.5) is 11.4 Å². The molecule has 1 aromatic carbocycles. The van der Waals surface area contributed by atoms with Gasteiger partial charge in [-0.05, 0) is 24.8 Å². The summed E-state index contributed by atoms with van der Waals surface area (Å²) in [4.78, 5) is 34.2. The average molecular weight is 349 g/mol. The summed E-state index contributed by atoms with van der Waals surface area (Å²) in [6, 6.07) is 3.85. The minimum Gasteiger partial charge on any atom is -0.452 e. The monoisotopic (exact) mass is 349 g/mol. The first-order valence-corrected chi connectivity index (χ1v) is 8.41. The van der Waals surface area contributed by atoms with Crippen LogP contribution >= 0.6 is 0 Å². The zero-order chi connectivity index (χ0) is 18.2. The van der Waals surface area contributed by atoms with E-state index in [2.05, 4.69) is 10.6 Å². The first kappa shape index (κ1) is 18.7. The third-order valence-electron chi connectivity index (χ3n) is 4.35. The number of carbonyl (C=O) groups is 2. The summed E-state index contributed by atoms with van der Waals surface area (Å²) < 4.78 is 4.99. The molecular weight excluding hydrogens is 326 g/mol. The van der Waals surface area contributed by atoms with Crippen molar-refractivity contribution in [2.45, 2.75) is 32.1 Å². The van der Waals surface area contributed by atoms with Gasteiger partial charge in [0.15, 0.2) is 6.61 Å². The van der Waals surface area contributed by atoms with Gasteiger partial charge in [-0.15, -0.1) is 0 Å². The second kappa shape index (κ2) is 9.00. The summed E-state index contributed by atoms with van der Waals surface area (Å²) in [5.74, 6) is -0.655. The first-order valence-electron chi connectivity index (χ1n) is 8.41. The van der Waals surface area contributed by atoms with Gasteiger partial charge in [0.25, 0.3) is 11.6 Å². The van der Waals surface area contributed by atoms with Crippen LogP contribution in [0, 0.1) is 16.0 Å². The number of carbonyl (C=O) groups excluding carboxylic acids is 2. The Labute approximate surface area is 146 Å². The number of nitro groups is 1. The molecule has 0 radical (unpaired) electrons. The van der Waals surface area contributed by atoms with Crippen LogP contribution in [0.25, 0.3) is 0 Å². The number of ether oxygens (including phenoxy) is 1. The topological polar surface area (TPSA) is 111 Å². The molecular formula is C17H23N3O5. The Morgan fingerprint density at radius 3 is 2.64 bits per heavy atom. The minimum absolute atomic E-state index is 0.0248. The van der Waals surface area contributed by atoms with E-state index in [0.717, 1.165) is 18.9 Å². The molecule has 1 saturated carbocycles. The third-order valence-corrected chi connectivity index (χ3v) is 4.35. The summed E-state index contributed by atoms with van der Waals surface area (Å²) >= 11 is 0. The molecule has 1 amide bonds. The number of anilines is 1. The number of nitrogens with one attached hydrogen (secondary N) is 2. The van der Waals surface area contributed by atoms with Crippen molar-refractivity contribution in [3.05, 3.63) is 33.9 Å². The van der Waals surface area contributed by atoms with Crippen molar-refractivity contribution in [2.75, 3.05) is 25.5 Å². The highest BCUT2D eigenvalue weighted by Crippen LogP contribution is 2.23. The fraction of sp³-hybridized carbons (Fsp3) is 0.529. The molecule has 0 heterocycles. The number of benzene rings is 1. The van der Waals surface area contributed by atoms with Gasteiger partial charge in [0.05, 0.1) is 10.5 Å². The Bertz CT molecular complexity index is 641. The van der Waals surface area contributed by atoms with E-state index in [1.54, 1.807) is 7.05 Å². The molecule has 8 heteroatoms. The molecule has 2 N–H and O–H groups in total. The highest BCUT2D eigenvalue weighted by molar-refractivity contribution is 5.97. The van der Waals surface area contributed by atoms with E-state index in [9.17, 15) is 19.7 Å². The number of hydrogen-bond donors (Lipinski definition) is 2. The number of nitrogens with zero attached hydrogens (tertiary/aromatic N) is 1. The second-order valence-electron chi connectivity index (χ2n) is 6.12. The standard InChI is InChI=1S/C17H23N3O5/c1-18-15-8-7-13(20(23)24)9-14(15)17(22)25-11-16(21)19-10-12-5-3-2-4-6-12/h7-9,12,18H,2-6,10-11H2,1H3,(H,19,21). The number of nitro benzene ring substituents is 1. The predicted octanol–water partition coefficient (Wildman–Crippen LogP) is 2.49. The fourth-order valence-electron chi connectivity index (χ4n) is 2.94. The summed E-state index contributed by atoms with van der Waals surface area (Å²) in [5, 5.41) is 16.4. The van der Waals surface area contributed by atoms with Crippen LogP contribution in [-0.2, 0) is 9.53 Å². The van der Waals surface area contributed by atoms with Gasteiger partial charge in [0.2, 0.25) is 0 Å². The summed E-state index contributed by atoms with van der Waals surface area (Å²) in [6.45, 7) is 0.187. The molecule has 0 aliphatic heterocycles. The average Bonchev–Trinajstić information content (AvgIpc) is 2.64. The lowest BCUT2D eigenvalue weighted by Gasteiger charge is -2.21. The van der Waals surface area contributed by atoms with Crippen molar-refractivity contribution in [1.29, 1.82) is 0 Å². The van der Waals surface area contributed by atoms with E-state index in [1.165, 1.54) is 31.4 Å². The molecule has 0 bridgehead atoms. The second-order valence-corrected chi connectivity index (χ2v) is 6.12. The fourth-order valence-corrected chi connectivity index (χ4v) is 2.94. The van der Waals surface area contributed by atoms with Crippen LogP contribution in [0.3, 0.4) is 0 Å². The quantitative estimate of drug-likeness (QED) is 0.444. The normalized spacial score (nSPS) is 14.6. The maximum absolute atomic E-state index is 12.1. The van der Waals surface area contributed by atoms with E-state index >= 15 is 0 Å². The van der Waals surface area contributed by atoms with Gasteiger partial charge in [-0.1, -0.05) is 19.3 Å². The third kappa shape index (κ3) is 5.44. The highest BCUT2D eigenvalue weighted by atomic mass is 16.6. The van der Waals surface area contributed by atoms with Crippen LogP contribution in [0.2, 0.25) is 0 Å². The molecule has 1 aromatic rings. The van der Waals surface area contributed by atoms with Gasteiger partial charge in [-0.2, -0.15) is 0 Å². The zero-order valence-corrected chi connectivity index (χ0v) is 14.2. The van der Waals surface area contributed by atoms with Gasteiger partial charge in [-0.3, -0.25) is 14.9 Å². The molecule has 136 valence electrons. The van der Waals surface area contributed by atoms with Crippen molar-refractivity contribution >= 4 is 23.3 Å². The highest BCUT2D eigenvalue weighted by Gasteiger charge is 2.19. The van der Waals surface area contributed by atoms with Crippen molar-refractivity contribution in [1.82, 2.24) is 5.32 Å². The van der Waals surface area contributed by atoms with Crippen LogP contribution in [0.15, 0.2) is 18.2 Å². The number of non-ortho nitro benzene ring substituents is 1. The Balaban J connectivity index is 1.87. The van der Waals surface area contributed by atoms with Crippen LogP contribution in [0.5, 0.6) is 0 Å². The molecule has 0 saturated heterocycles. The molecule has 0 unspecified atom stereocenters.